The fraction of sp³-hybridized carbons (Fsp3) is 0.400. The summed E-state index contributed by atoms with van der Waals surface area (Å²) in [6.45, 7) is 6.25. The molecule has 0 atom stereocenters. The zero-order chi connectivity index (χ0) is 19.4. The van der Waals surface area contributed by atoms with E-state index in [1.54, 1.807) is 4.90 Å². The summed E-state index contributed by atoms with van der Waals surface area (Å²) in [4.78, 5) is 46.2. The normalized spacial score (nSPS) is 14.7. The lowest BCUT2D eigenvalue weighted by Crippen LogP contribution is -2.38. The molecule has 2 heterocycles. The lowest BCUT2D eigenvalue weighted by atomic mass is 10.0. The molecule has 0 aliphatic carbocycles. The number of benzene rings is 1. The van der Waals surface area contributed by atoms with Gasteiger partial charge in [-0.25, -0.2) is 4.98 Å². The standard InChI is InChI=1S/C20H24N4O3/c1-14-4-5-16(10-15(14)2)11-19(26)23-6-3-7-24(9-8-23)20(27)17-12-22-18(25)13-21-17/h4-5,10,12-13H,3,6-9,11H2,1-2H3,(H,22,25). The Morgan fingerprint density at radius 1 is 1.07 bits per heavy atom. The summed E-state index contributed by atoms with van der Waals surface area (Å²) in [6, 6.07) is 6.09. The third kappa shape index (κ3) is 4.61. The van der Waals surface area contributed by atoms with Crippen LogP contribution in [0.3, 0.4) is 0 Å². The number of amides is 2. The number of nitrogens with zero attached hydrogens (tertiary/aromatic N) is 3. The van der Waals surface area contributed by atoms with Gasteiger partial charge in [-0.15, -0.1) is 0 Å². The largest absolute Gasteiger partial charge is 0.341 e. The molecule has 142 valence electrons. The maximum absolute atomic E-state index is 12.7. The van der Waals surface area contributed by atoms with E-state index in [2.05, 4.69) is 23.0 Å². The molecule has 1 aromatic carbocycles. The van der Waals surface area contributed by atoms with Crippen LogP contribution in [-0.4, -0.2) is 57.8 Å². The maximum Gasteiger partial charge on any atom is 0.274 e. The second-order valence-corrected chi connectivity index (χ2v) is 6.92. The highest BCUT2D eigenvalue weighted by Gasteiger charge is 2.23. The Labute approximate surface area is 158 Å². The first kappa shape index (κ1) is 18.8. The third-order valence-electron chi connectivity index (χ3n) is 4.95. The number of aromatic amines is 1. The van der Waals surface area contributed by atoms with Crippen molar-refractivity contribution in [3.05, 3.63) is 63.3 Å². The lowest BCUT2D eigenvalue weighted by molar-refractivity contribution is -0.130. The molecule has 0 bridgehead atoms. The van der Waals surface area contributed by atoms with Crippen molar-refractivity contribution in [2.24, 2.45) is 0 Å². The molecule has 27 heavy (non-hydrogen) atoms. The molecule has 1 fully saturated rings. The van der Waals surface area contributed by atoms with Crippen LogP contribution < -0.4 is 5.56 Å². The van der Waals surface area contributed by atoms with Crippen LogP contribution in [-0.2, 0) is 11.2 Å². The second kappa shape index (κ2) is 8.16. The molecule has 1 saturated heterocycles. The Kier molecular flexibility index (Phi) is 5.69. The van der Waals surface area contributed by atoms with Gasteiger partial charge in [0, 0.05) is 32.4 Å². The van der Waals surface area contributed by atoms with Gasteiger partial charge in [0.15, 0.2) is 0 Å². The minimum absolute atomic E-state index is 0.0784. The van der Waals surface area contributed by atoms with Crippen molar-refractivity contribution in [2.45, 2.75) is 26.7 Å². The summed E-state index contributed by atoms with van der Waals surface area (Å²) >= 11 is 0. The monoisotopic (exact) mass is 368 g/mol. The van der Waals surface area contributed by atoms with Crippen LogP contribution in [0, 0.1) is 13.8 Å². The number of rotatable bonds is 3. The van der Waals surface area contributed by atoms with Crippen LogP contribution in [0.2, 0.25) is 0 Å². The molecule has 7 heteroatoms. The van der Waals surface area contributed by atoms with Gasteiger partial charge in [-0.3, -0.25) is 14.4 Å². The molecule has 1 aliphatic rings. The zero-order valence-corrected chi connectivity index (χ0v) is 15.7. The van der Waals surface area contributed by atoms with E-state index in [1.165, 1.54) is 17.3 Å². The highest BCUT2D eigenvalue weighted by Crippen LogP contribution is 2.13. The molecule has 3 rings (SSSR count). The molecule has 2 amide bonds. The molecule has 0 unspecified atom stereocenters. The van der Waals surface area contributed by atoms with Crippen LogP contribution in [0.25, 0.3) is 0 Å². The Morgan fingerprint density at radius 3 is 2.52 bits per heavy atom. The van der Waals surface area contributed by atoms with E-state index in [0.29, 0.717) is 39.0 Å². The summed E-state index contributed by atoms with van der Waals surface area (Å²) in [5, 5.41) is 0. The molecule has 1 aromatic heterocycles. The minimum Gasteiger partial charge on any atom is -0.341 e. The summed E-state index contributed by atoms with van der Waals surface area (Å²) < 4.78 is 0. The number of H-pyrrole nitrogens is 1. The number of hydrogen-bond acceptors (Lipinski definition) is 4. The van der Waals surface area contributed by atoms with Gasteiger partial charge >= 0.3 is 0 Å². The average molecular weight is 368 g/mol. The fourth-order valence-electron chi connectivity index (χ4n) is 3.19. The molecule has 0 spiro atoms. The van der Waals surface area contributed by atoms with Crippen LogP contribution >= 0.6 is 0 Å². The summed E-state index contributed by atoms with van der Waals surface area (Å²) in [6.07, 6.45) is 3.52. The Balaban J connectivity index is 1.61. The first-order valence-electron chi connectivity index (χ1n) is 9.12. The van der Waals surface area contributed by atoms with E-state index in [4.69, 9.17) is 0 Å². The zero-order valence-electron chi connectivity index (χ0n) is 15.7. The quantitative estimate of drug-likeness (QED) is 0.885. The van der Waals surface area contributed by atoms with Crippen molar-refractivity contribution >= 4 is 11.8 Å². The van der Waals surface area contributed by atoms with E-state index in [9.17, 15) is 14.4 Å². The van der Waals surface area contributed by atoms with Crippen LogP contribution in [0.5, 0.6) is 0 Å². The van der Waals surface area contributed by atoms with E-state index < -0.39 is 0 Å². The van der Waals surface area contributed by atoms with E-state index in [0.717, 1.165) is 11.8 Å². The smallest absolute Gasteiger partial charge is 0.274 e. The Bertz CT molecular complexity index is 886. The Hall–Kier alpha value is -2.96. The van der Waals surface area contributed by atoms with Gasteiger partial charge in [0.2, 0.25) is 5.91 Å². The van der Waals surface area contributed by atoms with Crippen molar-refractivity contribution in [3.63, 3.8) is 0 Å². The van der Waals surface area contributed by atoms with Crippen molar-refractivity contribution in [3.8, 4) is 0 Å². The van der Waals surface area contributed by atoms with Crippen molar-refractivity contribution < 1.29 is 9.59 Å². The molecule has 2 aromatic rings. The average Bonchev–Trinajstić information content (AvgIpc) is 2.91. The van der Waals surface area contributed by atoms with E-state index in [-0.39, 0.29) is 23.1 Å². The highest BCUT2D eigenvalue weighted by atomic mass is 16.2. The van der Waals surface area contributed by atoms with Gasteiger partial charge in [-0.1, -0.05) is 18.2 Å². The molecular formula is C20H24N4O3. The molecule has 1 aliphatic heterocycles. The van der Waals surface area contributed by atoms with Crippen LogP contribution in [0.4, 0.5) is 0 Å². The third-order valence-corrected chi connectivity index (χ3v) is 4.95. The van der Waals surface area contributed by atoms with Gasteiger partial charge in [-0.2, -0.15) is 0 Å². The molecule has 7 nitrogen and oxygen atoms in total. The number of aryl methyl sites for hydroxylation is 2. The first-order chi connectivity index (χ1) is 12.9. The molecule has 0 radical (unpaired) electrons. The van der Waals surface area contributed by atoms with Crippen molar-refractivity contribution in [2.75, 3.05) is 26.2 Å². The second-order valence-electron chi connectivity index (χ2n) is 6.92. The van der Waals surface area contributed by atoms with Crippen molar-refractivity contribution in [1.82, 2.24) is 19.8 Å². The first-order valence-corrected chi connectivity index (χ1v) is 9.12. The number of hydrogen-bond donors (Lipinski definition) is 1. The number of carbonyl (C=O) groups is 2. The lowest BCUT2D eigenvalue weighted by Gasteiger charge is -2.22. The number of carbonyl (C=O) groups excluding carboxylic acids is 2. The predicted molar refractivity (Wildman–Crippen MR) is 102 cm³/mol. The highest BCUT2D eigenvalue weighted by molar-refractivity contribution is 5.92. The van der Waals surface area contributed by atoms with Crippen molar-refractivity contribution in [1.29, 1.82) is 0 Å². The van der Waals surface area contributed by atoms with Crippen LogP contribution in [0.15, 0.2) is 35.4 Å². The number of nitrogens with one attached hydrogen (secondary N) is 1. The van der Waals surface area contributed by atoms with E-state index in [1.807, 2.05) is 24.0 Å². The summed E-state index contributed by atoms with van der Waals surface area (Å²) in [5.74, 6) is -0.149. The SMILES string of the molecule is Cc1ccc(CC(=O)N2CCCN(C(=O)c3c[nH]c(=O)cn3)CC2)cc1C. The Morgan fingerprint density at radius 2 is 1.81 bits per heavy atom. The molecule has 0 saturated carbocycles. The summed E-state index contributed by atoms with van der Waals surface area (Å²) in [7, 11) is 0. The fourth-order valence-corrected chi connectivity index (χ4v) is 3.19. The maximum atomic E-state index is 12.7. The predicted octanol–water partition coefficient (Wildman–Crippen LogP) is 1.30. The van der Waals surface area contributed by atoms with Gasteiger partial charge in [0.05, 0.1) is 12.6 Å². The molecule has 1 N–H and O–H groups in total. The van der Waals surface area contributed by atoms with Gasteiger partial charge in [-0.05, 0) is 37.0 Å². The van der Waals surface area contributed by atoms with E-state index >= 15 is 0 Å². The number of aromatic nitrogens is 2. The van der Waals surface area contributed by atoms with Gasteiger partial charge in [0.1, 0.15) is 5.69 Å². The summed E-state index contributed by atoms with van der Waals surface area (Å²) in [5.41, 5.74) is 3.28. The molecular weight excluding hydrogens is 344 g/mol. The van der Waals surface area contributed by atoms with Crippen LogP contribution in [0.1, 0.15) is 33.6 Å². The minimum atomic E-state index is -0.342. The van der Waals surface area contributed by atoms with Gasteiger partial charge in [0.25, 0.3) is 11.5 Å². The van der Waals surface area contributed by atoms with Gasteiger partial charge < -0.3 is 14.8 Å². The topological polar surface area (TPSA) is 86.4 Å².